The lowest BCUT2D eigenvalue weighted by Crippen LogP contribution is -2.42. The Morgan fingerprint density at radius 3 is 3.00 bits per heavy atom. The minimum absolute atomic E-state index is 0.0763. The summed E-state index contributed by atoms with van der Waals surface area (Å²) >= 11 is 5.54. The third kappa shape index (κ3) is 1.63. The van der Waals surface area contributed by atoms with E-state index in [1.165, 1.54) is 16.6 Å². The number of hydrogen-bond acceptors (Lipinski definition) is 2. The Labute approximate surface area is 134 Å². The summed E-state index contributed by atoms with van der Waals surface area (Å²) in [5.41, 5.74) is 3.55. The summed E-state index contributed by atoms with van der Waals surface area (Å²) < 4.78 is 0. The highest BCUT2D eigenvalue weighted by Gasteiger charge is 2.48. The maximum absolute atomic E-state index is 12.7. The first-order valence-corrected chi connectivity index (χ1v) is 7.88. The molecule has 1 fully saturated rings. The third-order valence-corrected chi connectivity index (χ3v) is 5.16. The summed E-state index contributed by atoms with van der Waals surface area (Å²) in [7, 11) is 0. The average molecular weight is 311 g/mol. The molecular formula is C17H17N3OS. The average Bonchev–Trinajstić information content (AvgIpc) is 3.00. The van der Waals surface area contributed by atoms with Gasteiger partial charge in [-0.2, -0.15) is 0 Å². The van der Waals surface area contributed by atoms with E-state index in [1.54, 1.807) is 11.0 Å². The SMILES string of the molecule is C=CCN1C(=O)[C@H]2Cc3c([nH]c4ccccc34)[C@@H](C)N2C1=S. The zero-order chi connectivity index (χ0) is 15.4. The molecule has 1 amide bonds. The van der Waals surface area contributed by atoms with E-state index in [9.17, 15) is 4.79 Å². The molecule has 0 spiro atoms. The van der Waals surface area contributed by atoms with E-state index in [4.69, 9.17) is 12.2 Å². The number of benzene rings is 1. The van der Waals surface area contributed by atoms with Crippen molar-refractivity contribution in [3.05, 3.63) is 48.2 Å². The number of nitrogens with one attached hydrogen (secondary N) is 1. The number of hydrogen-bond donors (Lipinski definition) is 1. The number of carbonyl (C=O) groups is 1. The van der Waals surface area contributed by atoms with Crippen LogP contribution in [-0.2, 0) is 11.2 Å². The molecule has 1 saturated heterocycles. The van der Waals surface area contributed by atoms with Gasteiger partial charge >= 0.3 is 0 Å². The van der Waals surface area contributed by atoms with Crippen molar-refractivity contribution in [3.8, 4) is 0 Å². The Hall–Kier alpha value is -2.14. The molecule has 0 unspecified atom stereocenters. The van der Waals surface area contributed by atoms with Crippen LogP contribution in [0.5, 0.6) is 0 Å². The van der Waals surface area contributed by atoms with Crippen molar-refractivity contribution in [1.82, 2.24) is 14.8 Å². The van der Waals surface area contributed by atoms with Crippen LogP contribution in [0.3, 0.4) is 0 Å². The molecule has 0 aliphatic carbocycles. The Morgan fingerprint density at radius 2 is 2.23 bits per heavy atom. The molecule has 4 rings (SSSR count). The number of thiocarbonyl (C=S) groups is 1. The molecule has 112 valence electrons. The highest BCUT2D eigenvalue weighted by Crippen LogP contribution is 2.40. The fraction of sp³-hybridized carbons (Fsp3) is 0.294. The van der Waals surface area contributed by atoms with Gasteiger partial charge in [0.05, 0.1) is 6.04 Å². The monoisotopic (exact) mass is 311 g/mol. The summed E-state index contributed by atoms with van der Waals surface area (Å²) in [6, 6.07) is 8.15. The van der Waals surface area contributed by atoms with Gasteiger partial charge in [0, 0.05) is 29.6 Å². The quantitative estimate of drug-likeness (QED) is 0.685. The van der Waals surface area contributed by atoms with E-state index >= 15 is 0 Å². The van der Waals surface area contributed by atoms with Crippen LogP contribution in [0.2, 0.25) is 0 Å². The van der Waals surface area contributed by atoms with Gasteiger partial charge in [-0.25, -0.2) is 0 Å². The van der Waals surface area contributed by atoms with Gasteiger partial charge in [-0.15, -0.1) is 6.58 Å². The van der Waals surface area contributed by atoms with Gasteiger partial charge in [0.25, 0.3) is 5.91 Å². The number of nitrogens with zero attached hydrogens (tertiary/aromatic N) is 2. The molecule has 0 bridgehead atoms. The van der Waals surface area contributed by atoms with Crippen LogP contribution in [-0.4, -0.2) is 38.4 Å². The van der Waals surface area contributed by atoms with Gasteiger partial charge in [-0.05, 0) is 30.8 Å². The summed E-state index contributed by atoms with van der Waals surface area (Å²) in [6.07, 6.45) is 2.43. The molecule has 2 atom stereocenters. The number of amides is 1. The Balaban J connectivity index is 1.83. The van der Waals surface area contributed by atoms with E-state index in [0.29, 0.717) is 18.1 Å². The molecular weight excluding hydrogens is 294 g/mol. The van der Waals surface area contributed by atoms with E-state index in [0.717, 1.165) is 5.52 Å². The van der Waals surface area contributed by atoms with E-state index in [1.807, 2.05) is 12.1 Å². The molecule has 5 heteroatoms. The first-order valence-electron chi connectivity index (χ1n) is 7.47. The maximum atomic E-state index is 12.7. The highest BCUT2D eigenvalue weighted by atomic mass is 32.1. The number of fused-ring (bicyclic) bond motifs is 4. The molecule has 4 nitrogen and oxygen atoms in total. The zero-order valence-corrected chi connectivity index (χ0v) is 13.2. The second-order valence-corrected chi connectivity index (χ2v) is 6.25. The topological polar surface area (TPSA) is 39.3 Å². The molecule has 1 N–H and O–H groups in total. The molecule has 22 heavy (non-hydrogen) atoms. The van der Waals surface area contributed by atoms with E-state index in [2.05, 4.69) is 35.5 Å². The van der Waals surface area contributed by atoms with Crippen LogP contribution in [0, 0.1) is 0 Å². The van der Waals surface area contributed by atoms with Crippen molar-refractivity contribution in [3.63, 3.8) is 0 Å². The number of rotatable bonds is 2. The van der Waals surface area contributed by atoms with Crippen LogP contribution in [0.25, 0.3) is 10.9 Å². The number of carbonyl (C=O) groups excluding carboxylic acids is 1. The third-order valence-electron chi connectivity index (χ3n) is 4.73. The minimum Gasteiger partial charge on any atom is -0.356 e. The van der Waals surface area contributed by atoms with Gasteiger partial charge in [-0.3, -0.25) is 9.69 Å². The van der Waals surface area contributed by atoms with Crippen LogP contribution >= 0.6 is 12.2 Å². The molecule has 0 saturated carbocycles. The predicted molar refractivity (Wildman–Crippen MR) is 90.6 cm³/mol. The number of aromatic nitrogens is 1. The second kappa shape index (κ2) is 4.68. The molecule has 3 heterocycles. The Bertz CT molecular complexity index is 809. The second-order valence-electron chi connectivity index (χ2n) is 5.89. The molecule has 1 aromatic carbocycles. The highest BCUT2D eigenvalue weighted by molar-refractivity contribution is 7.80. The first-order chi connectivity index (χ1) is 10.6. The fourth-order valence-corrected chi connectivity index (χ4v) is 4.16. The van der Waals surface area contributed by atoms with Crippen LogP contribution in [0.15, 0.2) is 36.9 Å². The lowest BCUT2D eigenvalue weighted by atomic mass is 9.93. The number of aromatic amines is 1. The van der Waals surface area contributed by atoms with Gasteiger partial charge in [0.2, 0.25) is 0 Å². The van der Waals surface area contributed by atoms with Gasteiger partial charge < -0.3 is 9.88 Å². The van der Waals surface area contributed by atoms with E-state index in [-0.39, 0.29) is 18.0 Å². The summed E-state index contributed by atoms with van der Waals surface area (Å²) in [5, 5.41) is 1.83. The van der Waals surface area contributed by atoms with Crippen molar-refractivity contribution in [2.75, 3.05) is 6.54 Å². The zero-order valence-electron chi connectivity index (χ0n) is 12.4. The number of H-pyrrole nitrogens is 1. The van der Waals surface area contributed by atoms with Crippen LogP contribution in [0.1, 0.15) is 24.2 Å². The van der Waals surface area contributed by atoms with Gasteiger partial charge in [-0.1, -0.05) is 24.3 Å². The Kier molecular flexibility index (Phi) is 2.87. The molecule has 2 aliphatic rings. The molecule has 1 aromatic heterocycles. The summed E-state index contributed by atoms with van der Waals surface area (Å²) in [4.78, 5) is 19.9. The lowest BCUT2D eigenvalue weighted by molar-refractivity contribution is -0.128. The van der Waals surface area contributed by atoms with Crippen molar-refractivity contribution >= 4 is 34.1 Å². The lowest BCUT2D eigenvalue weighted by Gasteiger charge is -2.34. The van der Waals surface area contributed by atoms with Crippen LogP contribution in [0.4, 0.5) is 0 Å². The standard InChI is InChI=1S/C17H17N3OS/c1-3-8-19-16(21)14-9-12-11-6-4-5-7-13(11)18-15(12)10(2)20(14)17(19)22/h3-7,10,14,18H,1,8-9H2,2H3/t10-,14-/m1/s1. The van der Waals surface area contributed by atoms with Gasteiger partial charge in [0.15, 0.2) is 5.11 Å². The Morgan fingerprint density at radius 1 is 1.45 bits per heavy atom. The normalized spacial score (nSPS) is 23.9. The largest absolute Gasteiger partial charge is 0.356 e. The molecule has 2 aliphatic heterocycles. The summed E-state index contributed by atoms with van der Waals surface area (Å²) in [6.45, 7) is 6.31. The molecule has 2 aromatic rings. The molecule has 0 radical (unpaired) electrons. The summed E-state index contributed by atoms with van der Waals surface area (Å²) in [5.74, 6) is 0.0904. The smallest absolute Gasteiger partial charge is 0.252 e. The van der Waals surface area contributed by atoms with Crippen molar-refractivity contribution in [1.29, 1.82) is 0 Å². The fourth-order valence-electron chi connectivity index (χ4n) is 3.71. The maximum Gasteiger partial charge on any atom is 0.252 e. The van der Waals surface area contributed by atoms with Crippen molar-refractivity contribution in [2.45, 2.75) is 25.4 Å². The van der Waals surface area contributed by atoms with Crippen molar-refractivity contribution < 1.29 is 4.79 Å². The predicted octanol–water partition coefficient (Wildman–Crippen LogP) is 2.77. The first kappa shape index (κ1) is 13.5. The van der Waals surface area contributed by atoms with Crippen LogP contribution < -0.4 is 0 Å². The van der Waals surface area contributed by atoms with E-state index < -0.39 is 0 Å². The van der Waals surface area contributed by atoms with Crippen molar-refractivity contribution in [2.24, 2.45) is 0 Å². The van der Waals surface area contributed by atoms with Gasteiger partial charge in [0.1, 0.15) is 6.04 Å². The minimum atomic E-state index is -0.186. The number of para-hydroxylation sites is 1.